The highest BCUT2D eigenvalue weighted by atomic mass is 16.1. The van der Waals surface area contributed by atoms with Crippen LogP contribution in [-0.4, -0.2) is 5.78 Å². The van der Waals surface area contributed by atoms with Crippen molar-refractivity contribution in [3.63, 3.8) is 0 Å². The van der Waals surface area contributed by atoms with E-state index in [0.29, 0.717) is 11.7 Å². The number of ketones is 1. The molecular weight excluding hydrogens is 136 g/mol. The molecule has 2 bridgehead atoms. The molecule has 1 nitrogen and oxygen atoms in total. The van der Waals surface area contributed by atoms with Gasteiger partial charge in [-0.1, -0.05) is 12.2 Å². The molecule has 0 spiro atoms. The van der Waals surface area contributed by atoms with Crippen LogP contribution < -0.4 is 0 Å². The zero-order chi connectivity index (χ0) is 7.42. The van der Waals surface area contributed by atoms with Crippen LogP contribution in [0.2, 0.25) is 0 Å². The third-order valence-corrected chi connectivity index (χ3v) is 3.76. The van der Waals surface area contributed by atoms with Gasteiger partial charge in [-0.2, -0.15) is 0 Å². The molecule has 3 rings (SSSR count). The highest BCUT2D eigenvalue weighted by molar-refractivity contribution is 5.85. The maximum Gasteiger partial charge on any atom is 0.136 e. The van der Waals surface area contributed by atoms with Gasteiger partial charge in [0, 0.05) is 12.3 Å². The van der Waals surface area contributed by atoms with Crippen LogP contribution in [0.1, 0.15) is 19.3 Å². The summed E-state index contributed by atoms with van der Waals surface area (Å²) >= 11 is 0. The van der Waals surface area contributed by atoms with Crippen LogP contribution in [0, 0.1) is 23.7 Å². The summed E-state index contributed by atoms with van der Waals surface area (Å²) in [4.78, 5) is 11.4. The van der Waals surface area contributed by atoms with Crippen molar-refractivity contribution < 1.29 is 4.79 Å². The smallest absolute Gasteiger partial charge is 0.136 e. The van der Waals surface area contributed by atoms with E-state index in [-0.39, 0.29) is 0 Å². The molecule has 3 aliphatic rings. The minimum Gasteiger partial charge on any atom is -0.299 e. The number of carbonyl (C=O) groups excluding carboxylic acids is 1. The summed E-state index contributed by atoms with van der Waals surface area (Å²) in [5.74, 6) is 3.26. The number of fused-ring (bicyclic) bond motifs is 5. The van der Waals surface area contributed by atoms with Gasteiger partial charge in [-0.25, -0.2) is 0 Å². The summed E-state index contributed by atoms with van der Waals surface area (Å²) < 4.78 is 0. The second-order valence-electron chi connectivity index (χ2n) is 4.18. The van der Waals surface area contributed by atoms with E-state index in [1.54, 1.807) is 0 Å². The molecule has 0 aromatic carbocycles. The van der Waals surface area contributed by atoms with Gasteiger partial charge in [-0.05, 0) is 30.6 Å². The van der Waals surface area contributed by atoms with E-state index in [0.717, 1.165) is 24.2 Å². The van der Waals surface area contributed by atoms with Crippen LogP contribution in [-0.2, 0) is 4.79 Å². The third kappa shape index (κ3) is 0.597. The van der Waals surface area contributed by atoms with E-state index in [9.17, 15) is 4.79 Å². The molecule has 1 heteroatoms. The average molecular weight is 148 g/mol. The fourth-order valence-electron chi connectivity index (χ4n) is 3.29. The van der Waals surface area contributed by atoms with E-state index in [1.165, 1.54) is 12.8 Å². The first kappa shape index (κ1) is 5.99. The summed E-state index contributed by atoms with van der Waals surface area (Å²) in [7, 11) is 0. The zero-order valence-electron chi connectivity index (χ0n) is 6.49. The summed E-state index contributed by atoms with van der Waals surface area (Å²) in [5.41, 5.74) is 0. The minimum atomic E-state index is 0.458. The molecular formula is C10H12O. The monoisotopic (exact) mass is 148 g/mol. The summed E-state index contributed by atoms with van der Waals surface area (Å²) in [6.07, 6.45) is 7.89. The van der Waals surface area contributed by atoms with Crippen LogP contribution in [0.15, 0.2) is 12.2 Å². The van der Waals surface area contributed by atoms with Gasteiger partial charge >= 0.3 is 0 Å². The van der Waals surface area contributed by atoms with Gasteiger partial charge in [-0.3, -0.25) is 4.79 Å². The predicted octanol–water partition coefficient (Wildman–Crippen LogP) is 1.79. The summed E-state index contributed by atoms with van der Waals surface area (Å²) in [5, 5.41) is 0. The first-order chi connectivity index (χ1) is 5.36. The lowest BCUT2D eigenvalue weighted by Gasteiger charge is -2.22. The predicted molar refractivity (Wildman–Crippen MR) is 42.0 cm³/mol. The second-order valence-corrected chi connectivity index (χ2v) is 4.18. The van der Waals surface area contributed by atoms with E-state index >= 15 is 0 Å². The quantitative estimate of drug-likeness (QED) is 0.479. The van der Waals surface area contributed by atoms with Crippen molar-refractivity contribution in [1.82, 2.24) is 0 Å². The average Bonchev–Trinajstić information content (AvgIpc) is 2.52. The normalized spacial score (nSPS) is 52.2. The lowest BCUT2D eigenvalue weighted by molar-refractivity contribution is -0.123. The van der Waals surface area contributed by atoms with Crippen LogP contribution in [0.3, 0.4) is 0 Å². The molecule has 0 N–H and O–H groups in total. The minimum absolute atomic E-state index is 0.458. The molecule has 0 heterocycles. The van der Waals surface area contributed by atoms with Crippen LogP contribution >= 0.6 is 0 Å². The van der Waals surface area contributed by atoms with E-state index in [2.05, 4.69) is 12.2 Å². The number of Topliss-reactive ketones (excluding diaryl/α,β-unsaturated/α-hetero) is 1. The summed E-state index contributed by atoms with van der Waals surface area (Å²) in [6, 6.07) is 0. The highest BCUT2D eigenvalue weighted by Crippen LogP contribution is 2.54. The van der Waals surface area contributed by atoms with Crippen LogP contribution in [0.4, 0.5) is 0 Å². The van der Waals surface area contributed by atoms with Gasteiger partial charge in [0.2, 0.25) is 0 Å². The maximum atomic E-state index is 11.4. The van der Waals surface area contributed by atoms with Crippen molar-refractivity contribution in [3.8, 4) is 0 Å². The first-order valence-corrected chi connectivity index (χ1v) is 4.55. The Kier molecular flexibility index (Phi) is 0.961. The topological polar surface area (TPSA) is 17.1 Å². The molecule has 2 saturated carbocycles. The van der Waals surface area contributed by atoms with Gasteiger partial charge in [0.05, 0.1) is 0 Å². The van der Waals surface area contributed by atoms with Crippen LogP contribution in [0.5, 0.6) is 0 Å². The lowest BCUT2D eigenvalue weighted by Crippen LogP contribution is -2.24. The Balaban J connectivity index is 1.99. The fraction of sp³-hybridized carbons (Fsp3) is 0.700. The van der Waals surface area contributed by atoms with E-state index in [1.807, 2.05) is 0 Å². The number of carbonyl (C=O) groups is 1. The number of hydrogen-bond acceptors (Lipinski definition) is 1. The molecule has 58 valence electrons. The van der Waals surface area contributed by atoms with Gasteiger partial charge in [0.15, 0.2) is 0 Å². The maximum absolute atomic E-state index is 11.4. The largest absolute Gasteiger partial charge is 0.299 e. The van der Waals surface area contributed by atoms with E-state index in [4.69, 9.17) is 0 Å². The van der Waals surface area contributed by atoms with Gasteiger partial charge in [0.1, 0.15) is 5.78 Å². The van der Waals surface area contributed by atoms with Crippen molar-refractivity contribution in [2.24, 2.45) is 23.7 Å². The molecule has 2 fully saturated rings. The second kappa shape index (κ2) is 1.77. The van der Waals surface area contributed by atoms with Crippen LogP contribution in [0.25, 0.3) is 0 Å². The van der Waals surface area contributed by atoms with Crippen molar-refractivity contribution in [2.75, 3.05) is 0 Å². The molecule has 0 unspecified atom stereocenters. The Hall–Kier alpha value is -0.590. The van der Waals surface area contributed by atoms with E-state index < -0.39 is 0 Å². The van der Waals surface area contributed by atoms with Crippen molar-refractivity contribution >= 4 is 5.78 Å². The van der Waals surface area contributed by atoms with Crippen molar-refractivity contribution in [1.29, 1.82) is 0 Å². The molecule has 0 saturated heterocycles. The van der Waals surface area contributed by atoms with Gasteiger partial charge in [0.25, 0.3) is 0 Å². The number of allylic oxidation sites excluding steroid dienone is 2. The molecule has 0 aromatic heterocycles. The molecule has 0 aliphatic heterocycles. The fourth-order valence-corrected chi connectivity index (χ4v) is 3.29. The standard InChI is InChI=1S/C10H12O/c11-10-5-6-4-9(10)8-3-1-2-7(6)8/h1-2,6-9H,3-5H2/t6-,7+,8+,9-/m1/s1. The number of hydrogen-bond donors (Lipinski definition) is 0. The van der Waals surface area contributed by atoms with Gasteiger partial charge < -0.3 is 0 Å². The van der Waals surface area contributed by atoms with Crippen molar-refractivity contribution in [3.05, 3.63) is 12.2 Å². The molecule has 11 heavy (non-hydrogen) atoms. The molecule has 0 aromatic rings. The first-order valence-electron chi connectivity index (χ1n) is 4.55. The molecule has 3 aliphatic carbocycles. The Morgan fingerprint density at radius 3 is 3.27 bits per heavy atom. The zero-order valence-corrected chi connectivity index (χ0v) is 6.49. The lowest BCUT2D eigenvalue weighted by atomic mass is 9.81. The SMILES string of the molecule is O=C1C[C@H]2C[C@@H]1[C@H]1CC=C[C@@H]21. The molecule has 0 radical (unpaired) electrons. The van der Waals surface area contributed by atoms with Gasteiger partial charge in [-0.15, -0.1) is 0 Å². The number of rotatable bonds is 0. The highest BCUT2D eigenvalue weighted by Gasteiger charge is 2.51. The molecule has 0 amide bonds. The molecule has 4 atom stereocenters. The Morgan fingerprint density at radius 2 is 2.36 bits per heavy atom. The Labute approximate surface area is 66.5 Å². The van der Waals surface area contributed by atoms with Crippen molar-refractivity contribution in [2.45, 2.75) is 19.3 Å². The Bertz CT molecular complexity index is 241. The Morgan fingerprint density at radius 1 is 1.45 bits per heavy atom. The third-order valence-electron chi connectivity index (χ3n) is 3.76. The summed E-state index contributed by atoms with van der Waals surface area (Å²) in [6.45, 7) is 0.